The lowest BCUT2D eigenvalue weighted by Gasteiger charge is -2.32. The van der Waals surface area contributed by atoms with E-state index in [0.717, 1.165) is 17.6 Å². The summed E-state index contributed by atoms with van der Waals surface area (Å²) in [4.78, 5) is 25.1. The molecule has 3 N–H and O–H groups in total. The van der Waals surface area contributed by atoms with Crippen molar-refractivity contribution in [2.24, 2.45) is 5.92 Å². The highest BCUT2D eigenvalue weighted by Gasteiger charge is 2.36. The summed E-state index contributed by atoms with van der Waals surface area (Å²) in [6, 6.07) is 5.31. The molecule has 0 aromatic heterocycles. The van der Waals surface area contributed by atoms with Gasteiger partial charge in [0.2, 0.25) is 5.91 Å². The van der Waals surface area contributed by atoms with Gasteiger partial charge >= 0.3 is 7.12 Å². The molecule has 1 aliphatic rings. The number of benzene rings is 1. The smallest absolute Gasteiger partial charge is 0.406 e. The second kappa shape index (κ2) is 12.2. The van der Waals surface area contributed by atoms with E-state index in [4.69, 9.17) is 9.31 Å². The van der Waals surface area contributed by atoms with Crippen LogP contribution in [0.15, 0.2) is 27.1 Å². The Kier molecular flexibility index (Phi) is 10.3. The molecule has 0 bridgehead atoms. The maximum absolute atomic E-state index is 12.6. The number of halogens is 2. The molecule has 0 radical (unpaired) electrons. The van der Waals surface area contributed by atoms with Gasteiger partial charge in [-0.05, 0) is 60.3 Å². The van der Waals surface area contributed by atoms with Crippen LogP contribution in [0.2, 0.25) is 0 Å². The molecule has 0 aliphatic carbocycles. The number of nitrogens with one attached hydrogen (secondary N) is 3. The van der Waals surface area contributed by atoms with Gasteiger partial charge in [0.1, 0.15) is 0 Å². The van der Waals surface area contributed by atoms with Crippen LogP contribution in [0.4, 0.5) is 0 Å². The van der Waals surface area contributed by atoms with Crippen LogP contribution in [-0.2, 0) is 14.1 Å². The van der Waals surface area contributed by atoms with Crippen molar-refractivity contribution < 1.29 is 18.9 Å². The molecule has 0 spiro atoms. The van der Waals surface area contributed by atoms with Gasteiger partial charge in [0.25, 0.3) is 5.91 Å². The van der Waals surface area contributed by atoms with Crippen molar-refractivity contribution in [3.8, 4) is 0 Å². The molecule has 2 amide bonds. The molecule has 1 aliphatic heterocycles. The molecule has 1 fully saturated rings. The maximum Gasteiger partial charge on any atom is 0.481 e. The van der Waals surface area contributed by atoms with Crippen LogP contribution >= 0.6 is 31.9 Å². The van der Waals surface area contributed by atoms with Crippen LogP contribution < -0.4 is 16.0 Å². The first-order valence-electron chi connectivity index (χ1n) is 10.2. The second-order valence-corrected chi connectivity index (χ2v) is 9.80. The fourth-order valence-electron chi connectivity index (χ4n) is 3.20. The van der Waals surface area contributed by atoms with Gasteiger partial charge in [-0.25, -0.2) is 0 Å². The van der Waals surface area contributed by atoms with Gasteiger partial charge in [0, 0.05) is 22.0 Å². The summed E-state index contributed by atoms with van der Waals surface area (Å²) in [6.07, 6.45) is 0.624. The van der Waals surface area contributed by atoms with Crippen LogP contribution in [0.3, 0.4) is 0 Å². The van der Waals surface area contributed by atoms with Crippen LogP contribution in [0.25, 0.3) is 0 Å². The van der Waals surface area contributed by atoms with Crippen molar-refractivity contribution in [2.75, 3.05) is 19.6 Å². The molecular formula is C20H30BBr2N3O4. The Bertz CT molecular complexity index is 726. The SMILES string of the molecule is CC(C)C[C@H](NC(=O)CNC(=O)c1cc(Br)ccc1Br)B1OC(C)CNCC(C)O1. The lowest BCUT2D eigenvalue weighted by Crippen LogP contribution is -2.56. The number of amides is 2. The lowest BCUT2D eigenvalue weighted by molar-refractivity contribution is -0.120. The molecular weight excluding hydrogens is 517 g/mol. The van der Waals surface area contributed by atoms with Crippen molar-refractivity contribution >= 4 is 50.8 Å². The number of hydrogen-bond acceptors (Lipinski definition) is 5. The summed E-state index contributed by atoms with van der Waals surface area (Å²) >= 11 is 6.72. The van der Waals surface area contributed by atoms with Gasteiger partial charge < -0.3 is 25.3 Å². The molecule has 2 unspecified atom stereocenters. The van der Waals surface area contributed by atoms with Gasteiger partial charge in [0.15, 0.2) is 0 Å². The fraction of sp³-hybridized carbons (Fsp3) is 0.600. The Labute approximate surface area is 195 Å². The molecule has 10 heteroatoms. The summed E-state index contributed by atoms with van der Waals surface area (Å²) < 4.78 is 13.5. The predicted molar refractivity (Wildman–Crippen MR) is 125 cm³/mol. The van der Waals surface area contributed by atoms with E-state index in [1.54, 1.807) is 12.1 Å². The third-order valence-electron chi connectivity index (χ3n) is 4.58. The minimum Gasteiger partial charge on any atom is -0.406 e. The third kappa shape index (κ3) is 8.30. The van der Waals surface area contributed by atoms with E-state index in [0.29, 0.717) is 22.4 Å². The fourth-order valence-corrected chi connectivity index (χ4v) is 3.98. The highest BCUT2D eigenvalue weighted by molar-refractivity contribution is 9.11. The predicted octanol–water partition coefficient (Wildman–Crippen LogP) is 2.91. The molecule has 2 rings (SSSR count). The normalized spacial score (nSPS) is 21.0. The van der Waals surface area contributed by atoms with Crippen LogP contribution in [0.1, 0.15) is 44.5 Å². The zero-order valence-electron chi connectivity index (χ0n) is 17.8. The Balaban J connectivity index is 2.00. The largest absolute Gasteiger partial charge is 0.481 e. The summed E-state index contributed by atoms with van der Waals surface area (Å²) in [7, 11) is -0.543. The summed E-state index contributed by atoms with van der Waals surface area (Å²) in [6.45, 7) is 9.44. The van der Waals surface area contributed by atoms with E-state index in [2.05, 4.69) is 61.7 Å². The highest BCUT2D eigenvalue weighted by Crippen LogP contribution is 2.21. The van der Waals surface area contributed by atoms with E-state index < -0.39 is 7.12 Å². The summed E-state index contributed by atoms with van der Waals surface area (Å²) in [5, 5.41) is 8.96. The average Bonchev–Trinajstić information content (AvgIpc) is 2.65. The van der Waals surface area contributed by atoms with Crippen LogP contribution in [0.5, 0.6) is 0 Å². The quantitative estimate of drug-likeness (QED) is 0.458. The molecule has 1 aromatic carbocycles. The Morgan fingerprint density at radius 2 is 1.83 bits per heavy atom. The van der Waals surface area contributed by atoms with E-state index >= 15 is 0 Å². The average molecular weight is 547 g/mol. The Morgan fingerprint density at radius 1 is 1.20 bits per heavy atom. The van der Waals surface area contributed by atoms with E-state index in [1.807, 2.05) is 19.9 Å². The van der Waals surface area contributed by atoms with Crippen molar-refractivity contribution in [1.29, 1.82) is 0 Å². The molecule has 166 valence electrons. The highest BCUT2D eigenvalue weighted by atomic mass is 79.9. The lowest BCUT2D eigenvalue weighted by atomic mass is 9.73. The van der Waals surface area contributed by atoms with E-state index in [-0.39, 0.29) is 36.5 Å². The molecule has 1 saturated heterocycles. The van der Waals surface area contributed by atoms with Crippen molar-refractivity contribution in [3.05, 3.63) is 32.7 Å². The molecule has 7 nitrogen and oxygen atoms in total. The third-order valence-corrected chi connectivity index (χ3v) is 5.76. The number of rotatable bonds is 7. The number of carbonyl (C=O) groups excluding carboxylic acids is 2. The Morgan fingerprint density at radius 3 is 2.43 bits per heavy atom. The topological polar surface area (TPSA) is 88.7 Å². The van der Waals surface area contributed by atoms with Crippen LogP contribution in [-0.4, -0.2) is 56.7 Å². The second-order valence-electron chi connectivity index (χ2n) is 8.03. The zero-order chi connectivity index (χ0) is 22.3. The van der Waals surface area contributed by atoms with Crippen molar-refractivity contribution in [1.82, 2.24) is 16.0 Å². The van der Waals surface area contributed by atoms with Gasteiger partial charge in [0.05, 0.1) is 30.3 Å². The molecule has 0 saturated carbocycles. The Hall–Kier alpha value is -0.935. The summed E-state index contributed by atoms with van der Waals surface area (Å²) in [5.41, 5.74) is 0.456. The minimum absolute atomic E-state index is 0.0392. The first-order valence-corrected chi connectivity index (χ1v) is 11.8. The maximum atomic E-state index is 12.6. The van der Waals surface area contributed by atoms with Crippen LogP contribution in [0, 0.1) is 5.92 Å². The molecule has 1 heterocycles. The van der Waals surface area contributed by atoms with Gasteiger partial charge in [-0.15, -0.1) is 0 Å². The van der Waals surface area contributed by atoms with E-state index in [9.17, 15) is 9.59 Å². The molecule has 30 heavy (non-hydrogen) atoms. The number of carbonyl (C=O) groups is 2. The zero-order valence-corrected chi connectivity index (χ0v) is 21.0. The van der Waals surface area contributed by atoms with Gasteiger partial charge in [-0.1, -0.05) is 29.8 Å². The standard InChI is InChI=1S/C20H30BBr2N3O4/c1-12(2)7-18(21-29-13(3)9-24-10-14(4)30-21)26-19(27)11-25-20(28)16-8-15(22)5-6-17(16)23/h5-6,8,12-14,18,24H,7,9-11H2,1-4H3,(H,25,28)(H,26,27)/t13?,14?,18-/m0/s1. The summed E-state index contributed by atoms with van der Waals surface area (Å²) in [5.74, 6) is -0.586. The van der Waals surface area contributed by atoms with E-state index in [1.165, 1.54) is 0 Å². The molecule has 1 aromatic rings. The monoisotopic (exact) mass is 545 g/mol. The number of hydrogen-bond donors (Lipinski definition) is 3. The van der Waals surface area contributed by atoms with Gasteiger partial charge in [-0.3, -0.25) is 9.59 Å². The minimum atomic E-state index is -0.543. The first kappa shape index (κ1) is 25.3. The molecule has 3 atom stereocenters. The van der Waals surface area contributed by atoms with Crippen molar-refractivity contribution in [2.45, 2.75) is 52.3 Å². The first-order chi connectivity index (χ1) is 14.2. The van der Waals surface area contributed by atoms with Crippen molar-refractivity contribution in [3.63, 3.8) is 0 Å². The van der Waals surface area contributed by atoms with Gasteiger partial charge in [-0.2, -0.15) is 0 Å².